The Balaban J connectivity index is 1.98. The average molecular weight is 365 g/mol. The third-order valence-corrected chi connectivity index (χ3v) is 5.76. The summed E-state index contributed by atoms with van der Waals surface area (Å²) in [5, 5.41) is 2.82. The molecule has 1 N–H and O–H groups in total. The first kappa shape index (κ1) is 19.7. The number of anilines is 1. The SMILES string of the molecule is Cc1ccc(NC(=O)CN(CCC2=CCCCC2)S(C)(=O)=O)c(C)c1. The minimum absolute atomic E-state index is 0.153. The summed E-state index contributed by atoms with van der Waals surface area (Å²) >= 11 is 0. The number of rotatable bonds is 7. The van der Waals surface area contributed by atoms with Gasteiger partial charge >= 0.3 is 0 Å². The Hall–Kier alpha value is -1.66. The summed E-state index contributed by atoms with van der Waals surface area (Å²) in [6, 6.07) is 5.76. The predicted octanol–water partition coefficient (Wildman–Crippen LogP) is 3.39. The van der Waals surface area contributed by atoms with Crippen LogP contribution in [0.4, 0.5) is 5.69 Å². The van der Waals surface area contributed by atoms with Crippen LogP contribution in [0.2, 0.25) is 0 Å². The summed E-state index contributed by atoms with van der Waals surface area (Å²) in [6.07, 6.45) is 8.54. The molecule has 1 aliphatic carbocycles. The molecule has 2 rings (SSSR count). The number of hydrogen-bond acceptors (Lipinski definition) is 3. The van der Waals surface area contributed by atoms with Crippen LogP contribution in [0.3, 0.4) is 0 Å². The number of amides is 1. The maximum atomic E-state index is 12.3. The molecular formula is C19H28N2O3S. The fourth-order valence-corrected chi connectivity index (χ4v) is 3.84. The molecule has 6 heteroatoms. The van der Waals surface area contributed by atoms with Gasteiger partial charge in [0.15, 0.2) is 0 Å². The van der Waals surface area contributed by atoms with Crippen LogP contribution < -0.4 is 5.32 Å². The van der Waals surface area contributed by atoms with Crippen LogP contribution in [0.5, 0.6) is 0 Å². The van der Waals surface area contributed by atoms with E-state index < -0.39 is 10.0 Å². The number of allylic oxidation sites excluding steroid dienone is 1. The number of nitrogens with one attached hydrogen (secondary N) is 1. The van der Waals surface area contributed by atoms with Crippen LogP contribution in [0.25, 0.3) is 0 Å². The molecule has 138 valence electrons. The van der Waals surface area contributed by atoms with Gasteiger partial charge in [0.25, 0.3) is 0 Å². The monoisotopic (exact) mass is 364 g/mol. The molecule has 0 fully saturated rings. The molecule has 25 heavy (non-hydrogen) atoms. The Labute approximate surface area is 151 Å². The van der Waals surface area contributed by atoms with Gasteiger partial charge in [-0.25, -0.2) is 8.42 Å². The minimum Gasteiger partial charge on any atom is -0.325 e. The van der Waals surface area contributed by atoms with Crippen molar-refractivity contribution in [1.29, 1.82) is 0 Å². The van der Waals surface area contributed by atoms with Gasteiger partial charge in [0.2, 0.25) is 15.9 Å². The summed E-state index contributed by atoms with van der Waals surface area (Å²) in [6.45, 7) is 4.11. The molecule has 0 saturated heterocycles. The molecule has 0 saturated carbocycles. The van der Waals surface area contributed by atoms with Gasteiger partial charge < -0.3 is 5.32 Å². The van der Waals surface area contributed by atoms with Gasteiger partial charge in [-0.2, -0.15) is 4.31 Å². The van der Waals surface area contributed by atoms with Crippen molar-refractivity contribution in [2.24, 2.45) is 0 Å². The third kappa shape index (κ3) is 6.29. The molecular weight excluding hydrogens is 336 g/mol. The van der Waals surface area contributed by atoms with Crippen LogP contribution in [0.1, 0.15) is 43.2 Å². The topological polar surface area (TPSA) is 66.5 Å². The maximum absolute atomic E-state index is 12.3. The highest BCUT2D eigenvalue weighted by molar-refractivity contribution is 7.88. The van der Waals surface area contributed by atoms with Crippen molar-refractivity contribution in [2.45, 2.75) is 46.0 Å². The molecule has 0 unspecified atom stereocenters. The summed E-state index contributed by atoms with van der Waals surface area (Å²) in [5.74, 6) is -0.310. The zero-order valence-corrected chi connectivity index (χ0v) is 16.2. The van der Waals surface area contributed by atoms with Gasteiger partial charge in [-0.05, 0) is 57.6 Å². The Morgan fingerprint density at radius 3 is 2.60 bits per heavy atom. The highest BCUT2D eigenvalue weighted by Gasteiger charge is 2.21. The molecule has 1 amide bonds. The lowest BCUT2D eigenvalue weighted by molar-refractivity contribution is -0.116. The molecule has 0 bridgehead atoms. The van der Waals surface area contributed by atoms with E-state index in [0.29, 0.717) is 13.0 Å². The lowest BCUT2D eigenvalue weighted by Crippen LogP contribution is -2.38. The van der Waals surface area contributed by atoms with Gasteiger partial charge in [0, 0.05) is 12.2 Å². The van der Waals surface area contributed by atoms with Gasteiger partial charge in [-0.1, -0.05) is 29.3 Å². The number of carbonyl (C=O) groups excluding carboxylic acids is 1. The number of carbonyl (C=O) groups is 1. The Morgan fingerprint density at radius 2 is 2.00 bits per heavy atom. The van der Waals surface area contributed by atoms with E-state index in [-0.39, 0.29) is 12.5 Å². The van der Waals surface area contributed by atoms with E-state index >= 15 is 0 Å². The van der Waals surface area contributed by atoms with Crippen molar-refractivity contribution < 1.29 is 13.2 Å². The van der Waals surface area contributed by atoms with Gasteiger partial charge in [0.1, 0.15) is 0 Å². The highest BCUT2D eigenvalue weighted by Crippen LogP contribution is 2.21. The molecule has 0 aromatic heterocycles. The highest BCUT2D eigenvalue weighted by atomic mass is 32.2. The van der Waals surface area contributed by atoms with Crippen LogP contribution in [0.15, 0.2) is 29.8 Å². The second-order valence-corrected chi connectivity index (χ2v) is 8.80. The Kier molecular flexibility index (Phi) is 6.79. The number of hydrogen-bond donors (Lipinski definition) is 1. The van der Waals surface area contributed by atoms with E-state index in [1.807, 2.05) is 32.0 Å². The van der Waals surface area contributed by atoms with E-state index in [4.69, 9.17) is 0 Å². The third-order valence-electron chi connectivity index (χ3n) is 4.51. The van der Waals surface area contributed by atoms with Crippen molar-refractivity contribution in [3.63, 3.8) is 0 Å². The van der Waals surface area contributed by atoms with Crippen LogP contribution >= 0.6 is 0 Å². The summed E-state index contributed by atoms with van der Waals surface area (Å²) in [7, 11) is -3.42. The smallest absolute Gasteiger partial charge is 0.239 e. The summed E-state index contributed by atoms with van der Waals surface area (Å²) in [5.41, 5.74) is 4.11. The van der Waals surface area contributed by atoms with E-state index in [9.17, 15) is 13.2 Å². The quantitative estimate of drug-likeness (QED) is 0.754. The van der Waals surface area contributed by atoms with Crippen molar-refractivity contribution >= 4 is 21.6 Å². The van der Waals surface area contributed by atoms with Gasteiger partial charge in [-0.3, -0.25) is 4.79 Å². The van der Waals surface area contributed by atoms with E-state index in [1.165, 1.54) is 16.3 Å². The van der Waals surface area contributed by atoms with Crippen LogP contribution in [-0.2, 0) is 14.8 Å². The number of nitrogens with zero attached hydrogens (tertiary/aromatic N) is 1. The fourth-order valence-electron chi connectivity index (χ4n) is 3.07. The molecule has 1 aromatic carbocycles. The lowest BCUT2D eigenvalue weighted by atomic mass is 9.97. The standard InChI is InChI=1S/C19H28N2O3S/c1-15-9-10-18(16(2)13-15)20-19(22)14-21(25(3,23)24)12-11-17-7-5-4-6-8-17/h7,9-10,13H,4-6,8,11-12,14H2,1-3H3,(H,20,22). The largest absolute Gasteiger partial charge is 0.325 e. The zero-order valence-electron chi connectivity index (χ0n) is 15.3. The maximum Gasteiger partial charge on any atom is 0.239 e. The zero-order chi connectivity index (χ0) is 18.4. The molecule has 1 aromatic rings. The van der Waals surface area contributed by atoms with E-state index in [1.54, 1.807) is 0 Å². The first-order chi connectivity index (χ1) is 11.8. The van der Waals surface area contributed by atoms with Crippen molar-refractivity contribution in [3.8, 4) is 0 Å². The van der Waals surface area contributed by atoms with Crippen LogP contribution in [0, 0.1) is 13.8 Å². The molecule has 0 heterocycles. The summed E-state index contributed by atoms with van der Waals surface area (Å²) in [4.78, 5) is 12.3. The van der Waals surface area contributed by atoms with Crippen molar-refractivity contribution in [3.05, 3.63) is 41.0 Å². The molecule has 1 aliphatic rings. The molecule has 0 atom stereocenters. The van der Waals surface area contributed by atoms with Crippen LogP contribution in [-0.4, -0.2) is 38.0 Å². The number of sulfonamides is 1. The Morgan fingerprint density at radius 1 is 1.24 bits per heavy atom. The normalized spacial score (nSPS) is 15.1. The first-order valence-electron chi connectivity index (χ1n) is 8.76. The lowest BCUT2D eigenvalue weighted by Gasteiger charge is -2.21. The van der Waals surface area contributed by atoms with Crippen molar-refractivity contribution in [1.82, 2.24) is 4.31 Å². The summed E-state index contributed by atoms with van der Waals surface area (Å²) < 4.78 is 25.3. The second kappa shape index (κ2) is 8.63. The van der Waals surface area contributed by atoms with E-state index in [0.717, 1.165) is 42.3 Å². The second-order valence-electron chi connectivity index (χ2n) is 6.82. The first-order valence-corrected chi connectivity index (χ1v) is 10.6. The molecule has 0 radical (unpaired) electrons. The fraction of sp³-hybridized carbons (Fsp3) is 0.526. The average Bonchev–Trinajstić information content (AvgIpc) is 2.54. The van der Waals surface area contributed by atoms with Gasteiger partial charge in [-0.15, -0.1) is 0 Å². The minimum atomic E-state index is -3.42. The van der Waals surface area contributed by atoms with Crippen molar-refractivity contribution in [2.75, 3.05) is 24.7 Å². The molecule has 0 spiro atoms. The number of aryl methyl sites for hydroxylation is 2. The predicted molar refractivity (Wildman–Crippen MR) is 102 cm³/mol. The van der Waals surface area contributed by atoms with Gasteiger partial charge in [0.05, 0.1) is 12.8 Å². The Bertz CT molecular complexity index is 754. The molecule has 0 aliphatic heterocycles. The van der Waals surface area contributed by atoms with E-state index in [2.05, 4.69) is 11.4 Å². The molecule has 5 nitrogen and oxygen atoms in total. The number of benzene rings is 1.